The lowest BCUT2D eigenvalue weighted by atomic mass is 9.91. The molecule has 14 heteroatoms. The van der Waals surface area contributed by atoms with Crippen molar-refractivity contribution in [2.45, 2.75) is 109 Å². The fourth-order valence-electron chi connectivity index (χ4n) is 8.00. The molecule has 1 saturated carbocycles. The summed E-state index contributed by atoms with van der Waals surface area (Å²) < 4.78 is 31.3. The molecule has 0 aromatic heterocycles. The summed E-state index contributed by atoms with van der Waals surface area (Å²) in [7, 11) is 0. The van der Waals surface area contributed by atoms with E-state index in [0.717, 1.165) is 32.4 Å². The molecule has 5 aliphatic rings. The predicted molar refractivity (Wildman–Crippen MR) is 192 cm³/mol. The first-order chi connectivity index (χ1) is 25.3. The molecule has 4 aliphatic heterocycles. The number of benzene rings is 1. The lowest BCUT2D eigenvalue weighted by Crippen LogP contribution is -2.53. The van der Waals surface area contributed by atoms with Gasteiger partial charge in [0.25, 0.3) is 0 Å². The summed E-state index contributed by atoms with van der Waals surface area (Å²) in [4.78, 5) is 74.1. The second-order valence-electron chi connectivity index (χ2n) is 16.1. The molecule has 1 aromatic carbocycles. The first-order valence-electron chi connectivity index (χ1n) is 19.1. The van der Waals surface area contributed by atoms with Crippen LogP contribution in [-0.2, 0) is 41.7 Å². The molecule has 0 spiro atoms. The van der Waals surface area contributed by atoms with E-state index >= 15 is 0 Å². The van der Waals surface area contributed by atoms with Crippen molar-refractivity contribution < 1.29 is 42.6 Å². The van der Waals surface area contributed by atoms with Gasteiger partial charge in [-0.2, -0.15) is 0 Å². The maximum atomic E-state index is 14.5. The number of morpholine rings is 1. The Labute approximate surface area is 310 Å². The Balaban J connectivity index is 1.21. The van der Waals surface area contributed by atoms with E-state index in [-0.39, 0.29) is 50.1 Å². The minimum atomic E-state index is -0.982. The van der Waals surface area contributed by atoms with Crippen molar-refractivity contribution in [3.8, 4) is 0 Å². The molecule has 6 rings (SSSR count). The average Bonchev–Trinajstić information content (AvgIpc) is 3.40. The van der Waals surface area contributed by atoms with Gasteiger partial charge in [0, 0.05) is 51.1 Å². The molecule has 1 aromatic rings. The van der Waals surface area contributed by atoms with Crippen molar-refractivity contribution in [1.82, 2.24) is 25.3 Å². The highest BCUT2D eigenvalue weighted by atomic mass is 19.1. The summed E-state index contributed by atoms with van der Waals surface area (Å²) in [5, 5.41) is 5.84. The zero-order chi connectivity index (χ0) is 37.8. The number of ketones is 1. The van der Waals surface area contributed by atoms with Crippen molar-refractivity contribution in [2.24, 2.45) is 11.3 Å². The summed E-state index contributed by atoms with van der Waals surface area (Å²) in [5.74, 6) is -1.44. The number of nitrogens with zero attached hydrogens (tertiary/aromatic N) is 3. The van der Waals surface area contributed by atoms with Gasteiger partial charge in [-0.1, -0.05) is 37.1 Å². The molecule has 3 fully saturated rings. The van der Waals surface area contributed by atoms with Crippen LogP contribution in [0.2, 0.25) is 0 Å². The van der Waals surface area contributed by atoms with Gasteiger partial charge in [0.05, 0.1) is 37.8 Å². The van der Waals surface area contributed by atoms with Crippen molar-refractivity contribution in [3.05, 3.63) is 47.3 Å². The van der Waals surface area contributed by atoms with E-state index in [9.17, 15) is 28.4 Å². The van der Waals surface area contributed by atoms with Crippen LogP contribution in [0.1, 0.15) is 83.3 Å². The smallest absolute Gasteiger partial charge is 0.410 e. The van der Waals surface area contributed by atoms with Crippen LogP contribution in [0.4, 0.5) is 14.0 Å². The molecular weight excluding hydrogens is 685 g/mol. The molecule has 1 aliphatic carbocycles. The number of fused-ring (bicyclic) bond motifs is 3. The third-order valence-electron chi connectivity index (χ3n) is 11.0. The van der Waals surface area contributed by atoms with Gasteiger partial charge in [0.2, 0.25) is 11.8 Å². The first-order valence-corrected chi connectivity index (χ1v) is 19.1. The van der Waals surface area contributed by atoms with E-state index in [1.54, 1.807) is 32.9 Å². The van der Waals surface area contributed by atoms with Crippen LogP contribution < -0.4 is 10.6 Å². The fourth-order valence-corrected chi connectivity index (χ4v) is 8.00. The molecule has 4 amide bonds. The molecular formula is C39H54FN5O8. The number of alkyl carbamates (subject to hydrolysis) is 1. The number of Topliss-reactive ketones (excluding diaryl/α,β-unsaturated/α-hetero) is 1. The summed E-state index contributed by atoms with van der Waals surface area (Å²) in [6.07, 6.45) is 5.84. The standard InChI is InChI=1S/C39H54FN5O8/c1-38(2,3)53-36(49)42-31-13-8-6-4-5-7-11-27-21-39(27,35(48)41-14-15-43-16-18-51-19-17-43)22-33(46)32-20-28(24-45(32)34(31)47)52-37(50)44-23-26-10-9-12-30(40)29(26)25-44/h7,9-12,27-28,31-32H,4-6,8,13-25H2,1-3H3,(H,41,48)(H,42,49)/b11-7-/t27-,28-,31+,32+,39-/m1/s1. The molecule has 0 radical (unpaired) electrons. The molecule has 53 heavy (non-hydrogen) atoms. The highest BCUT2D eigenvalue weighted by Gasteiger charge is 2.60. The first kappa shape index (κ1) is 38.7. The highest BCUT2D eigenvalue weighted by Crippen LogP contribution is 2.57. The number of ether oxygens (including phenoxy) is 3. The van der Waals surface area contributed by atoms with E-state index in [0.29, 0.717) is 56.7 Å². The van der Waals surface area contributed by atoms with Crippen molar-refractivity contribution in [1.29, 1.82) is 0 Å². The van der Waals surface area contributed by atoms with Gasteiger partial charge in [-0.3, -0.25) is 24.2 Å². The van der Waals surface area contributed by atoms with Crippen molar-refractivity contribution >= 4 is 29.8 Å². The van der Waals surface area contributed by atoms with Crippen LogP contribution in [0.25, 0.3) is 0 Å². The van der Waals surface area contributed by atoms with Crippen LogP contribution in [0, 0.1) is 17.2 Å². The van der Waals surface area contributed by atoms with E-state index in [1.165, 1.54) is 15.9 Å². The summed E-state index contributed by atoms with van der Waals surface area (Å²) in [5.41, 5.74) is -0.599. The normalized spacial score (nSPS) is 28.8. The number of halogens is 1. The van der Waals surface area contributed by atoms with Crippen LogP contribution in [0.3, 0.4) is 0 Å². The minimum absolute atomic E-state index is 0.0415. The van der Waals surface area contributed by atoms with E-state index in [1.807, 2.05) is 0 Å². The molecule has 2 saturated heterocycles. The quantitative estimate of drug-likeness (QED) is 0.413. The Bertz CT molecular complexity index is 1570. The van der Waals surface area contributed by atoms with Gasteiger partial charge in [0.1, 0.15) is 23.6 Å². The highest BCUT2D eigenvalue weighted by molar-refractivity contribution is 5.97. The summed E-state index contributed by atoms with van der Waals surface area (Å²) >= 11 is 0. The van der Waals surface area contributed by atoms with Gasteiger partial charge >= 0.3 is 12.2 Å². The Morgan fingerprint density at radius 3 is 2.62 bits per heavy atom. The lowest BCUT2D eigenvalue weighted by molar-refractivity contribution is -0.140. The van der Waals surface area contributed by atoms with Crippen LogP contribution in [0.5, 0.6) is 0 Å². The van der Waals surface area contributed by atoms with Crippen molar-refractivity contribution in [3.63, 3.8) is 0 Å². The predicted octanol–water partition coefficient (Wildman–Crippen LogP) is 4.07. The Morgan fingerprint density at radius 1 is 1.08 bits per heavy atom. The molecule has 0 bridgehead atoms. The van der Waals surface area contributed by atoms with E-state index in [4.69, 9.17) is 14.2 Å². The summed E-state index contributed by atoms with van der Waals surface area (Å²) in [6, 6.07) is 2.76. The summed E-state index contributed by atoms with van der Waals surface area (Å²) in [6.45, 7) is 9.42. The van der Waals surface area contributed by atoms with Crippen LogP contribution >= 0.6 is 0 Å². The van der Waals surface area contributed by atoms with Crippen LogP contribution in [-0.4, -0.2) is 114 Å². The van der Waals surface area contributed by atoms with Crippen LogP contribution in [0.15, 0.2) is 30.4 Å². The molecule has 13 nitrogen and oxygen atoms in total. The monoisotopic (exact) mass is 739 g/mol. The zero-order valence-corrected chi connectivity index (χ0v) is 31.2. The van der Waals surface area contributed by atoms with E-state index in [2.05, 4.69) is 27.7 Å². The number of rotatable bonds is 6. The van der Waals surface area contributed by atoms with Gasteiger partial charge in [-0.05, 0) is 64.0 Å². The number of carbonyl (C=O) groups excluding carboxylic acids is 5. The number of hydrogen-bond donors (Lipinski definition) is 2. The number of allylic oxidation sites excluding steroid dienone is 2. The number of hydrogen-bond acceptors (Lipinski definition) is 9. The minimum Gasteiger partial charge on any atom is -0.444 e. The molecule has 0 unspecified atom stereocenters. The Morgan fingerprint density at radius 2 is 1.87 bits per heavy atom. The molecule has 290 valence electrons. The third-order valence-corrected chi connectivity index (χ3v) is 11.0. The Kier molecular flexibility index (Phi) is 12.1. The average molecular weight is 740 g/mol. The lowest BCUT2D eigenvalue weighted by Gasteiger charge is -2.30. The second kappa shape index (κ2) is 16.5. The van der Waals surface area contributed by atoms with E-state index < -0.39 is 53.1 Å². The SMILES string of the molecule is CC(C)(C)OC(=O)N[C@H]1CCCCC/C=C\[C@@H]2C[C@@]2(C(=O)NCCN2CCOCC2)CC(=O)[C@@H]2C[C@@H](OC(=O)N3Cc4cccc(F)c4C3)CN2C1=O. The topological polar surface area (TPSA) is 147 Å². The van der Waals surface area contributed by atoms with Gasteiger partial charge in [-0.25, -0.2) is 14.0 Å². The molecule has 2 N–H and O–H groups in total. The third kappa shape index (κ3) is 9.56. The number of amides is 4. The maximum Gasteiger partial charge on any atom is 0.410 e. The zero-order valence-electron chi connectivity index (χ0n) is 31.2. The second-order valence-corrected chi connectivity index (χ2v) is 16.1. The van der Waals surface area contributed by atoms with Gasteiger partial charge in [-0.15, -0.1) is 0 Å². The fraction of sp³-hybridized carbons (Fsp3) is 0.667. The number of nitrogens with one attached hydrogen (secondary N) is 2. The van der Waals surface area contributed by atoms with Crippen molar-refractivity contribution in [2.75, 3.05) is 45.9 Å². The van der Waals surface area contributed by atoms with Gasteiger partial charge in [0.15, 0.2) is 5.78 Å². The molecule has 5 atom stereocenters. The largest absolute Gasteiger partial charge is 0.444 e. The Hall–Kier alpha value is -4.04. The number of carbonyl (C=O) groups is 5. The molecule has 4 heterocycles. The van der Waals surface area contributed by atoms with Gasteiger partial charge < -0.3 is 29.7 Å². The maximum absolute atomic E-state index is 14.5.